The van der Waals surface area contributed by atoms with E-state index >= 15 is 0 Å². The number of carbonyl (C=O) groups excluding carboxylic acids is 1. The van der Waals surface area contributed by atoms with Gasteiger partial charge in [0.1, 0.15) is 5.82 Å². The molecule has 1 fully saturated rings. The van der Waals surface area contributed by atoms with Crippen LogP contribution in [-0.2, 0) is 16.6 Å². The number of rotatable bonds is 4. The van der Waals surface area contributed by atoms with Gasteiger partial charge in [-0.2, -0.15) is 5.10 Å². The van der Waals surface area contributed by atoms with Crippen LogP contribution in [0.4, 0.5) is 5.82 Å². The first-order chi connectivity index (χ1) is 8.15. The van der Waals surface area contributed by atoms with E-state index in [9.17, 15) is 4.79 Å². The second kappa shape index (κ2) is 5.31. The van der Waals surface area contributed by atoms with E-state index in [1.54, 1.807) is 4.68 Å². The Bertz CT molecular complexity index is 394. The molecule has 1 saturated heterocycles. The maximum atomic E-state index is 11.7. The fourth-order valence-electron chi connectivity index (χ4n) is 2.10. The molecule has 94 valence electrons. The summed E-state index contributed by atoms with van der Waals surface area (Å²) in [5, 5.41) is 7.04. The molecule has 1 amide bonds. The quantitative estimate of drug-likeness (QED) is 0.865. The monoisotopic (exact) mass is 237 g/mol. The van der Waals surface area contributed by atoms with E-state index in [-0.39, 0.29) is 12.0 Å². The SMILES string of the molecule is Cc1cc(NC(=O)CC[C@H]2CCCO2)n(C)n1. The molecular weight excluding hydrogens is 218 g/mol. The van der Waals surface area contributed by atoms with Crippen LogP contribution in [0.15, 0.2) is 6.07 Å². The largest absolute Gasteiger partial charge is 0.378 e. The molecule has 1 N–H and O–H groups in total. The van der Waals surface area contributed by atoms with E-state index in [2.05, 4.69) is 10.4 Å². The fourth-order valence-corrected chi connectivity index (χ4v) is 2.10. The first-order valence-corrected chi connectivity index (χ1v) is 6.07. The standard InChI is InChI=1S/C12H19N3O2/c1-9-8-11(15(2)14-9)13-12(16)6-5-10-4-3-7-17-10/h8,10H,3-7H2,1-2H3,(H,13,16)/t10-/m1/s1. The highest BCUT2D eigenvalue weighted by atomic mass is 16.5. The van der Waals surface area contributed by atoms with Crippen molar-refractivity contribution in [2.75, 3.05) is 11.9 Å². The number of aromatic nitrogens is 2. The predicted octanol–water partition coefficient (Wildman–Crippen LogP) is 1.63. The number of hydrogen-bond donors (Lipinski definition) is 1. The molecule has 5 heteroatoms. The van der Waals surface area contributed by atoms with Crippen LogP contribution in [-0.4, -0.2) is 28.4 Å². The van der Waals surface area contributed by atoms with E-state index in [1.807, 2.05) is 20.0 Å². The summed E-state index contributed by atoms with van der Waals surface area (Å²) in [6.45, 7) is 2.75. The maximum Gasteiger partial charge on any atom is 0.225 e. The second-order valence-electron chi connectivity index (χ2n) is 4.52. The van der Waals surface area contributed by atoms with Crippen molar-refractivity contribution in [1.29, 1.82) is 0 Å². The van der Waals surface area contributed by atoms with Gasteiger partial charge in [-0.1, -0.05) is 0 Å². The molecule has 1 aliphatic heterocycles. The molecule has 5 nitrogen and oxygen atoms in total. The number of carbonyl (C=O) groups is 1. The Morgan fingerprint density at radius 1 is 1.71 bits per heavy atom. The van der Waals surface area contributed by atoms with Gasteiger partial charge in [0.25, 0.3) is 0 Å². The van der Waals surface area contributed by atoms with E-state index in [0.29, 0.717) is 6.42 Å². The lowest BCUT2D eigenvalue weighted by molar-refractivity contribution is -0.116. The molecule has 1 aliphatic rings. The number of aryl methyl sites for hydroxylation is 2. The maximum absolute atomic E-state index is 11.7. The van der Waals surface area contributed by atoms with Crippen molar-refractivity contribution in [3.8, 4) is 0 Å². The lowest BCUT2D eigenvalue weighted by Crippen LogP contribution is -2.16. The van der Waals surface area contributed by atoms with Gasteiger partial charge in [-0.3, -0.25) is 9.48 Å². The summed E-state index contributed by atoms with van der Waals surface area (Å²) < 4.78 is 7.16. The third-order valence-electron chi connectivity index (χ3n) is 2.99. The van der Waals surface area contributed by atoms with Gasteiger partial charge in [0.15, 0.2) is 0 Å². The molecule has 1 atom stereocenters. The van der Waals surface area contributed by atoms with Crippen LogP contribution in [0, 0.1) is 6.92 Å². The van der Waals surface area contributed by atoms with Gasteiger partial charge in [-0.05, 0) is 26.2 Å². The predicted molar refractivity (Wildman–Crippen MR) is 64.8 cm³/mol. The second-order valence-corrected chi connectivity index (χ2v) is 4.52. The Kier molecular flexibility index (Phi) is 3.78. The molecule has 0 saturated carbocycles. The average molecular weight is 237 g/mol. The molecular formula is C12H19N3O2. The molecule has 1 aromatic heterocycles. The van der Waals surface area contributed by atoms with Gasteiger partial charge in [-0.15, -0.1) is 0 Å². The van der Waals surface area contributed by atoms with Gasteiger partial charge < -0.3 is 10.1 Å². The van der Waals surface area contributed by atoms with Crippen molar-refractivity contribution >= 4 is 11.7 Å². The Labute approximate surface area is 101 Å². The van der Waals surface area contributed by atoms with Crippen LogP contribution in [0.25, 0.3) is 0 Å². The normalized spacial score (nSPS) is 19.5. The van der Waals surface area contributed by atoms with Gasteiger partial charge in [0, 0.05) is 26.1 Å². The van der Waals surface area contributed by atoms with Gasteiger partial charge in [0.05, 0.1) is 11.8 Å². The number of ether oxygens (including phenoxy) is 1. The summed E-state index contributed by atoms with van der Waals surface area (Å²) in [7, 11) is 1.82. The minimum Gasteiger partial charge on any atom is -0.378 e. The number of nitrogens with one attached hydrogen (secondary N) is 1. The van der Waals surface area contributed by atoms with E-state index < -0.39 is 0 Å². The van der Waals surface area contributed by atoms with Gasteiger partial charge in [0.2, 0.25) is 5.91 Å². The zero-order valence-electron chi connectivity index (χ0n) is 10.4. The Hall–Kier alpha value is -1.36. The Morgan fingerprint density at radius 3 is 3.12 bits per heavy atom. The van der Waals surface area contributed by atoms with Crippen molar-refractivity contribution < 1.29 is 9.53 Å². The lowest BCUT2D eigenvalue weighted by Gasteiger charge is -2.09. The van der Waals surface area contributed by atoms with Crippen LogP contribution < -0.4 is 5.32 Å². The van der Waals surface area contributed by atoms with Crippen LogP contribution >= 0.6 is 0 Å². The Balaban J connectivity index is 1.78. The van der Waals surface area contributed by atoms with E-state index in [1.165, 1.54) is 0 Å². The molecule has 0 aromatic carbocycles. The summed E-state index contributed by atoms with van der Waals surface area (Å²) in [6.07, 6.45) is 3.79. The summed E-state index contributed by atoms with van der Waals surface area (Å²) >= 11 is 0. The summed E-state index contributed by atoms with van der Waals surface area (Å²) in [6, 6.07) is 1.87. The highest BCUT2D eigenvalue weighted by molar-refractivity contribution is 5.89. The van der Waals surface area contributed by atoms with Crippen LogP contribution in [0.5, 0.6) is 0 Å². The average Bonchev–Trinajstić information content (AvgIpc) is 2.87. The first-order valence-electron chi connectivity index (χ1n) is 6.07. The zero-order valence-corrected chi connectivity index (χ0v) is 10.4. The molecule has 0 radical (unpaired) electrons. The van der Waals surface area contributed by atoms with E-state index in [4.69, 9.17) is 4.74 Å². The smallest absolute Gasteiger partial charge is 0.225 e. The van der Waals surface area contributed by atoms with Crippen molar-refractivity contribution in [3.63, 3.8) is 0 Å². The molecule has 0 unspecified atom stereocenters. The highest BCUT2D eigenvalue weighted by Gasteiger charge is 2.17. The summed E-state index contributed by atoms with van der Waals surface area (Å²) in [5.41, 5.74) is 0.905. The zero-order chi connectivity index (χ0) is 12.3. The first kappa shape index (κ1) is 12.1. The number of nitrogens with zero attached hydrogens (tertiary/aromatic N) is 2. The van der Waals surface area contributed by atoms with Gasteiger partial charge >= 0.3 is 0 Å². The topological polar surface area (TPSA) is 56.1 Å². The van der Waals surface area contributed by atoms with Crippen molar-refractivity contribution in [1.82, 2.24) is 9.78 Å². The number of amides is 1. The van der Waals surface area contributed by atoms with Gasteiger partial charge in [-0.25, -0.2) is 0 Å². The molecule has 2 rings (SSSR count). The molecule has 0 spiro atoms. The lowest BCUT2D eigenvalue weighted by atomic mass is 10.1. The van der Waals surface area contributed by atoms with Crippen molar-refractivity contribution in [2.45, 2.75) is 38.7 Å². The third-order valence-corrected chi connectivity index (χ3v) is 2.99. The molecule has 1 aromatic rings. The molecule has 17 heavy (non-hydrogen) atoms. The minimum absolute atomic E-state index is 0.0310. The molecule has 0 bridgehead atoms. The van der Waals surface area contributed by atoms with Crippen LogP contribution in [0.2, 0.25) is 0 Å². The van der Waals surface area contributed by atoms with E-state index in [0.717, 1.165) is 37.4 Å². The number of anilines is 1. The van der Waals surface area contributed by atoms with Crippen LogP contribution in [0.1, 0.15) is 31.4 Å². The highest BCUT2D eigenvalue weighted by Crippen LogP contribution is 2.17. The summed E-state index contributed by atoms with van der Waals surface area (Å²) in [4.78, 5) is 11.7. The Morgan fingerprint density at radius 2 is 2.53 bits per heavy atom. The minimum atomic E-state index is 0.0310. The third kappa shape index (κ3) is 3.30. The number of hydrogen-bond acceptors (Lipinski definition) is 3. The summed E-state index contributed by atoms with van der Waals surface area (Å²) in [5.74, 6) is 0.781. The van der Waals surface area contributed by atoms with Crippen molar-refractivity contribution in [3.05, 3.63) is 11.8 Å². The van der Waals surface area contributed by atoms with Crippen molar-refractivity contribution in [2.24, 2.45) is 7.05 Å². The molecule has 0 aliphatic carbocycles. The molecule has 2 heterocycles. The van der Waals surface area contributed by atoms with Crippen LogP contribution in [0.3, 0.4) is 0 Å². The fraction of sp³-hybridized carbons (Fsp3) is 0.667.